The third-order valence-electron chi connectivity index (χ3n) is 5.06. The summed E-state index contributed by atoms with van der Waals surface area (Å²) in [5.74, 6) is -0.258. The first kappa shape index (κ1) is 20.1. The van der Waals surface area contributed by atoms with Crippen molar-refractivity contribution in [3.8, 4) is 22.9 Å². The van der Waals surface area contributed by atoms with Crippen LogP contribution in [0.1, 0.15) is 19.4 Å². The Morgan fingerprint density at radius 3 is 2.07 bits per heavy atom. The van der Waals surface area contributed by atoms with Crippen LogP contribution in [0.5, 0.6) is 5.75 Å². The maximum absolute atomic E-state index is 12.3. The third-order valence-corrected chi connectivity index (χ3v) is 5.06. The number of urea groups is 1. The number of hydrogen-bond acceptors (Lipinski definition) is 5. The topological polar surface area (TPSA) is 90.7 Å². The van der Waals surface area contributed by atoms with Crippen LogP contribution in [-0.2, 0) is 9.59 Å². The molecule has 3 amide bonds. The van der Waals surface area contributed by atoms with Crippen molar-refractivity contribution < 1.29 is 19.1 Å². The fourth-order valence-corrected chi connectivity index (χ4v) is 2.99. The second-order valence-corrected chi connectivity index (χ2v) is 7.33. The normalized spacial score (nSPS) is 15.4. The first-order valence-corrected chi connectivity index (χ1v) is 9.09. The van der Waals surface area contributed by atoms with Gasteiger partial charge in [-0.2, -0.15) is 5.26 Å². The second-order valence-electron chi connectivity index (χ2n) is 7.33. The molecule has 7 heteroatoms. The van der Waals surface area contributed by atoms with Gasteiger partial charge in [0.1, 0.15) is 17.9 Å². The minimum absolute atomic E-state index is 0.239. The second kappa shape index (κ2) is 7.76. The Morgan fingerprint density at radius 2 is 1.59 bits per heavy atom. The summed E-state index contributed by atoms with van der Waals surface area (Å²) in [6.07, 6.45) is 0. The molecule has 3 rings (SSSR count). The predicted octanol–water partition coefficient (Wildman–Crippen LogP) is 2.85. The first-order valence-electron chi connectivity index (χ1n) is 9.09. The van der Waals surface area contributed by atoms with Gasteiger partial charge in [0, 0.05) is 7.05 Å². The van der Waals surface area contributed by atoms with Gasteiger partial charge < -0.3 is 9.64 Å². The molecule has 1 aliphatic heterocycles. The van der Waals surface area contributed by atoms with Crippen LogP contribution in [0.2, 0.25) is 0 Å². The number of imide groups is 1. The van der Waals surface area contributed by atoms with Gasteiger partial charge >= 0.3 is 6.03 Å². The van der Waals surface area contributed by atoms with E-state index in [1.54, 1.807) is 38.1 Å². The molecule has 0 unspecified atom stereocenters. The monoisotopic (exact) mass is 391 g/mol. The standard InChI is InChI=1S/C22H21N3O4/c1-22(2)20(27)25(21(28)24(22)3)13-18(26)14-29-19-10-8-17(9-11-19)16-6-4-15(12-23)5-7-16/h4-11H,13-14H2,1-3H3. The van der Waals surface area contributed by atoms with Gasteiger partial charge in [0.25, 0.3) is 5.91 Å². The SMILES string of the molecule is CN1C(=O)N(CC(=O)COc2ccc(-c3ccc(C#N)cc3)cc2)C(=O)C1(C)C. The van der Waals surface area contributed by atoms with Crippen molar-refractivity contribution in [2.75, 3.05) is 20.2 Å². The van der Waals surface area contributed by atoms with E-state index in [1.807, 2.05) is 24.3 Å². The molecule has 1 saturated heterocycles. The van der Waals surface area contributed by atoms with Crippen LogP contribution in [0.15, 0.2) is 48.5 Å². The quantitative estimate of drug-likeness (QED) is 0.706. The number of nitrogens with zero attached hydrogens (tertiary/aromatic N) is 3. The lowest BCUT2D eigenvalue weighted by Gasteiger charge is -2.22. The number of ether oxygens (including phenoxy) is 1. The molecule has 0 aromatic heterocycles. The number of likely N-dealkylation sites (N-methyl/N-ethyl adjacent to an activating group) is 1. The van der Waals surface area contributed by atoms with Crippen molar-refractivity contribution in [1.82, 2.24) is 9.80 Å². The summed E-state index contributed by atoms with van der Waals surface area (Å²) in [6.45, 7) is 2.74. The Labute approximate surface area is 169 Å². The Hall–Kier alpha value is -3.66. The van der Waals surface area contributed by atoms with E-state index in [0.29, 0.717) is 11.3 Å². The minimum Gasteiger partial charge on any atom is -0.486 e. The molecule has 0 radical (unpaired) electrons. The molecule has 0 spiro atoms. The average Bonchev–Trinajstić information content (AvgIpc) is 2.87. The van der Waals surface area contributed by atoms with Gasteiger partial charge in [-0.15, -0.1) is 0 Å². The molecule has 148 valence electrons. The van der Waals surface area contributed by atoms with E-state index >= 15 is 0 Å². The van der Waals surface area contributed by atoms with E-state index in [-0.39, 0.29) is 18.9 Å². The molecule has 0 bridgehead atoms. The number of benzene rings is 2. The first-order chi connectivity index (χ1) is 13.7. The van der Waals surface area contributed by atoms with E-state index in [1.165, 1.54) is 11.9 Å². The van der Waals surface area contributed by atoms with Crippen molar-refractivity contribution in [2.45, 2.75) is 19.4 Å². The molecule has 2 aromatic carbocycles. The molecule has 0 atom stereocenters. The summed E-state index contributed by atoms with van der Waals surface area (Å²) >= 11 is 0. The van der Waals surface area contributed by atoms with Gasteiger partial charge in [-0.25, -0.2) is 4.79 Å². The van der Waals surface area contributed by atoms with Gasteiger partial charge in [-0.05, 0) is 49.2 Å². The molecule has 0 aliphatic carbocycles. The fraction of sp³-hybridized carbons (Fsp3) is 0.273. The van der Waals surface area contributed by atoms with E-state index in [9.17, 15) is 14.4 Å². The van der Waals surface area contributed by atoms with Crippen LogP contribution in [0.3, 0.4) is 0 Å². The lowest BCUT2D eigenvalue weighted by atomic mass is 10.0. The van der Waals surface area contributed by atoms with Gasteiger partial charge in [0.2, 0.25) is 0 Å². The number of amides is 3. The van der Waals surface area contributed by atoms with Crippen molar-refractivity contribution in [3.63, 3.8) is 0 Å². The van der Waals surface area contributed by atoms with E-state index in [2.05, 4.69) is 6.07 Å². The largest absolute Gasteiger partial charge is 0.486 e. The number of carbonyl (C=O) groups is 3. The van der Waals surface area contributed by atoms with Crippen LogP contribution in [0.4, 0.5) is 4.79 Å². The summed E-state index contributed by atoms with van der Waals surface area (Å²) in [7, 11) is 1.54. The van der Waals surface area contributed by atoms with E-state index in [0.717, 1.165) is 16.0 Å². The van der Waals surface area contributed by atoms with Gasteiger partial charge in [-0.3, -0.25) is 14.5 Å². The molecule has 0 N–H and O–H groups in total. The van der Waals surface area contributed by atoms with Crippen LogP contribution >= 0.6 is 0 Å². The predicted molar refractivity (Wildman–Crippen MR) is 106 cm³/mol. The molecule has 1 fully saturated rings. The zero-order valence-corrected chi connectivity index (χ0v) is 16.5. The maximum atomic E-state index is 12.3. The molecule has 1 aliphatic rings. The summed E-state index contributed by atoms with van der Waals surface area (Å²) < 4.78 is 5.50. The smallest absolute Gasteiger partial charge is 0.327 e. The highest BCUT2D eigenvalue weighted by molar-refractivity contribution is 6.08. The number of nitriles is 1. The number of carbonyl (C=O) groups excluding carboxylic acids is 3. The van der Waals surface area contributed by atoms with Crippen LogP contribution < -0.4 is 4.74 Å². The molecule has 1 heterocycles. The van der Waals surface area contributed by atoms with Crippen molar-refractivity contribution in [2.24, 2.45) is 0 Å². The van der Waals surface area contributed by atoms with Gasteiger partial charge in [0.15, 0.2) is 5.78 Å². The van der Waals surface area contributed by atoms with Crippen molar-refractivity contribution >= 4 is 17.7 Å². The Bertz CT molecular complexity index is 988. The number of hydrogen-bond donors (Lipinski definition) is 0. The third kappa shape index (κ3) is 3.97. The van der Waals surface area contributed by atoms with Crippen molar-refractivity contribution in [1.29, 1.82) is 5.26 Å². The maximum Gasteiger partial charge on any atom is 0.327 e. The molecule has 29 heavy (non-hydrogen) atoms. The number of ketones is 1. The summed E-state index contributed by atoms with van der Waals surface area (Å²) in [5, 5.41) is 8.86. The molecule has 0 saturated carbocycles. The molecule has 2 aromatic rings. The highest BCUT2D eigenvalue weighted by atomic mass is 16.5. The Kier molecular flexibility index (Phi) is 5.37. The Morgan fingerprint density at radius 1 is 1.03 bits per heavy atom. The van der Waals surface area contributed by atoms with Crippen LogP contribution in [0.25, 0.3) is 11.1 Å². The molecular formula is C22H21N3O4. The summed E-state index contributed by atoms with van der Waals surface area (Å²) in [6, 6.07) is 16.0. The zero-order valence-electron chi connectivity index (χ0n) is 16.5. The number of Topliss-reactive ketones (excluding diaryl/α,β-unsaturated/α-hetero) is 1. The summed E-state index contributed by atoms with van der Waals surface area (Å²) in [4.78, 5) is 39.0. The average molecular weight is 391 g/mol. The zero-order chi connectivity index (χ0) is 21.2. The van der Waals surface area contributed by atoms with Crippen LogP contribution in [-0.4, -0.2) is 53.3 Å². The molecular weight excluding hydrogens is 370 g/mol. The molecule has 7 nitrogen and oxygen atoms in total. The van der Waals surface area contributed by atoms with E-state index in [4.69, 9.17) is 10.00 Å². The van der Waals surface area contributed by atoms with E-state index < -0.39 is 17.5 Å². The highest BCUT2D eigenvalue weighted by Crippen LogP contribution is 2.26. The summed E-state index contributed by atoms with van der Waals surface area (Å²) in [5.41, 5.74) is 1.55. The fourth-order valence-electron chi connectivity index (χ4n) is 2.99. The van der Waals surface area contributed by atoms with Crippen molar-refractivity contribution in [3.05, 3.63) is 54.1 Å². The lowest BCUT2D eigenvalue weighted by molar-refractivity contribution is -0.135. The minimum atomic E-state index is -0.959. The van der Waals surface area contributed by atoms with Gasteiger partial charge in [0.05, 0.1) is 18.2 Å². The number of rotatable bonds is 6. The lowest BCUT2D eigenvalue weighted by Crippen LogP contribution is -2.42. The highest BCUT2D eigenvalue weighted by Gasteiger charge is 2.49. The Balaban J connectivity index is 1.57. The van der Waals surface area contributed by atoms with Gasteiger partial charge in [-0.1, -0.05) is 24.3 Å². The van der Waals surface area contributed by atoms with Crippen LogP contribution in [0, 0.1) is 11.3 Å².